The fraction of sp³-hybridized carbons (Fsp3) is 0.263. The van der Waals surface area contributed by atoms with Gasteiger partial charge in [-0.3, -0.25) is 14.9 Å². The molecule has 154 valence electrons. The highest BCUT2D eigenvalue weighted by molar-refractivity contribution is 5.96. The Hall–Kier alpha value is -3.82. The molecule has 1 amide bonds. The molecule has 0 spiro atoms. The van der Waals surface area contributed by atoms with Crippen molar-refractivity contribution in [2.24, 2.45) is 0 Å². The van der Waals surface area contributed by atoms with E-state index in [1.165, 1.54) is 45.4 Å². The van der Waals surface area contributed by atoms with Crippen LogP contribution >= 0.6 is 0 Å². The van der Waals surface area contributed by atoms with Crippen molar-refractivity contribution in [1.82, 2.24) is 0 Å². The van der Waals surface area contributed by atoms with Gasteiger partial charge in [0.1, 0.15) is 11.5 Å². The average Bonchev–Trinajstić information content (AvgIpc) is 2.72. The van der Waals surface area contributed by atoms with E-state index in [1.54, 1.807) is 18.2 Å². The molecule has 0 fully saturated rings. The summed E-state index contributed by atoms with van der Waals surface area (Å²) in [6, 6.07) is 10.5. The number of rotatable bonds is 9. The third kappa shape index (κ3) is 5.83. The van der Waals surface area contributed by atoms with Crippen molar-refractivity contribution in [3.05, 3.63) is 52.6 Å². The summed E-state index contributed by atoms with van der Waals surface area (Å²) in [5.74, 6) is -0.632. The van der Waals surface area contributed by atoms with Crippen LogP contribution in [-0.4, -0.2) is 43.7 Å². The number of hydrogen-bond acceptors (Lipinski definition) is 8. The van der Waals surface area contributed by atoms with Crippen LogP contribution in [0.1, 0.15) is 6.92 Å². The van der Waals surface area contributed by atoms with Gasteiger partial charge in [-0.2, -0.15) is 0 Å². The van der Waals surface area contributed by atoms with E-state index in [4.69, 9.17) is 18.9 Å². The van der Waals surface area contributed by atoms with E-state index in [1.807, 2.05) is 0 Å². The van der Waals surface area contributed by atoms with Gasteiger partial charge in [-0.15, -0.1) is 0 Å². The minimum Gasteiger partial charge on any atom is -0.497 e. The molecule has 0 aliphatic heterocycles. The molecule has 0 saturated heterocycles. The van der Waals surface area contributed by atoms with Gasteiger partial charge in [-0.1, -0.05) is 12.1 Å². The van der Waals surface area contributed by atoms with Gasteiger partial charge >= 0.3 is 11.7 Å². The quantitative estimate of drug-likeness (QED) is 0.384. The van der Waals surface area contributed by atoms with Gasteiger partial charge in [0.15, 0.2) is 18.5 Å². The minimum absolute atomic E-state index is 0.0762. The Morgan fingerprint density at radius 1 is 1.10 bits per heavy atom. The topological polar surface area (TPSA) is 126 Å². The van der Waals surface area contributed by atoms with Gasteiger partial charge in [0.25, 0.3) is 5.91 Å². The number of nitrogens with one attached hydrogen (secondary N) is 1. The van der Waals surface area contributed by atoms with Gasteiger partial charge in [0.05, 0.1) is 24.8 Å². The first-order valence-corrected chi connectivity index (χ1v) is 8.44. The normalized spacial score (nSPS) is 11.1. The van der Waals surface area contributed by atoms with E-state index in [9.17, 15) is 19.7 Å². The maximum absolute atomic E-state index is 12.3. The van der Waals surface area contributed by atoms with E-state index in [0.717, 1.165) is 0 Å². The summed E-state index contributed by atoms with van der Waals surface area (Å²) in [5.41, 5.74) is 0.0621. The maximum atomic E-state index is 12.3. The molecule has 1 unspecified atom stereocenters. The first-order valence-electron chi connectivity index (χ1n) is 8.44. The van der Waals surface area contributed by atoms with Crippen LogP contribution < -0.4 is 19.5 Å². The first-order chi connectivity index (χ1) is 13.8. The van der Waals surface area contributed by atoms with Gasteiger partial charge in [-0.25, -0.2) is 4.79 Å². The number of esters is 1. The van der Waals surface area contributed by atoms with Gasteiger partial charge in [0.2, 0.25) is 0 Å². The second-order valence-corrected chi connectivity index (χ2v) is 5.70. The lowest BCUT2D eigenvalue weighted by Gasteiger charge is -2.16. The highest BCUT2D eigenvalue weighted by Crippen LogP contribution is 2.29. The molecular formula is C19H20N2O8. The maximum Gasteiger partial charge on any atom is 0.344 e. The summed E-state index contributed by atoms with van der Waals surface area (Å²) in [7, 11) is 2.93. The number of carbonyl (C=O) groups is 2. The Balaban J connectivity index is 1.94. The Bertz CT molecular complexity index is 900. The second kappa shape index (κ2) is 9.93. The zero-order valence-corrected chi connectivity index (χ0v) is 16.0. The lowest BCUT2D eigenvalue weighted by molar-refractivity contribution is -0.385. The van der Waals surface area contributed by atoms with Crippen molar-refractivity contribution in [3.63, 3.8) is 0 Å². The monoisotopic (exact) mass is 404 g/mol. The van der Waals surface area contributed by atoms with E-state index < -0.39 is 29.5 Å². The highest BCUT2D eigenvalue weighted by atomic mass is 16.6. The molecular weight excluding hydrogens is 384 g/mol. The number of hydrogen-bond donors (Lipinski definition) is 1. The predicted octanol–water partition coefficient (Wildman–Crippen LogP) is 2.56. The smallest absolute Gasteiger partial charge is 0.344 e. The Morgan fingerprint density at radius 2 is 1.83 bits per heavy atom. The van der Waals surface area contributed by atoms with Crippen LogP contribution in [-0.2, 0) is 14.3 Å². The fourth-order valence-corrected chi connectivity index (χ4v) is 2.30. The van der Waals surface area contributed by atoms with E-state index in [-0.39, 0.29) is 11.4 Å². The Morgan fingerprint density at radius 3 is 2.48 bits per heavy atom. The molecule has 0 aliphatic carbocycles. The van der Waals surface area contributed by atoms with Crippen LogP contribution in [0.25, 0.3) is 0 Å². The molecule has 0 radical (unpaired) electrons. The number of nitro groups is 1. The van der Waals surface area contributed by atoms with Crippen LogP contribution in [0.3, 0.4) is 0 Å². The van der Waals surface area contributed by atoms with Crippen molar-refractivity contribution in [3.8, 4) is 17.2 Å². The van der Waals surface area contributed by atoms with Crippen molar-refractivity contribution >= 4 is 23.3 Å². The number of methoxy groups -OCH3 is 2. The number of nitrogens with zero attached hydrogens (tertiary/aromatic N) is 1. The SMILES string of the molecule is COc1ccc(OC)c(NC(=O)C(C)OC(=O)COc2ccccc2[N+](=O)[O-])c1. The van der Waals surface area contributed by atoms with Crippen LogP contribution in [0.2, 0.25) is 0 Å². The van der Waals surface area contributed by atoms with Crippen LogP contribution in [0.4, 0.5) is 11.4 Å². The molecule has 1 N–H and O–H groups in total. The average molecular weight is 404 g/mol. The lowest BCUT2D eigenvalue weighted by atomic mass is 10.2. The number of para-hydroxylation sites is 2. The van der Waals surface area contributed by atoms with Crippen molar-refractivity contribution in [1.29, 1.82) is 0 Å². The van der Waals surface area contributed by atoms with E-state index >= 15 is 0 Å². The standard InChI is InChI=1S/C19H20N2O8/c1-12(19(23)20-14-10-13(26-2)8-9-16(14)27-3)29-18(22)11-28-17-7-5-4-6-15(17)21(24)25/h4-10,12H,11H2,1-3H3,(H,20,23). The number of benzene rings is 2. The zero-order chi connectivity index (χ0) is 21.4. The predicted molar refractivity (Wildman–Crippen MR) is 102 cm³/mol. The summed E-state index contributed by atoms with van der Waals surface area (Å²) in [4.78, 5) is 34.6. The Labute approximate surface area is 166 Å². The number of carbonyl (C=O) groups excluding carboxylic acids is 2. The lowest BCUT2D eigenvalue weighted by Crippen LogP contribution is -2.31. The van der Waals surface area contributed by atoms with E-state index in [0.29, 0.717) is 17.2 Å². The summed E-state index contributed by atoms with van der Waals surface area (Å²) in [5, 5.41) is 13.5. The third-order valence-electron chi connectivity index (χ3n) is 3.75. The number of anilines is 1. The Kier molecular flexibility index (Phi) is 7.35. The largest absolute Gasteiger partial charge is 0.497 e. The minimum atomic E-state index is -1.15. The molecule has 0 bridgehead atoms. The molecule has 0 aliphatic rings. The zero-order valence-electron chi connectivity index (χ0n) is 16.0. The van der Waals surface area contributed by atoms with Gasteiger partial charge < -0.3 is 24.3 Å². The summed E-state index contributed by atoms with van der Waals surface area (Å²) < 4.78 is 20.4. The molecule has 2 aromatic carbocycles. The summed E-state index contributed by atoms with van der Waals surface area (Å²) in [6.07, 6.45) is -1.15. The van der Waals surface area contributed by atoms with Crippen LogP contribution in [0, 0.1) is 10.1 Å². The number of nitro benzene ring substituents is 1. The third-order valence-corrected chi connectivity index (χ3v) is 3.75. The van der Waals surface area contributed by atoms with Crippen molar-refractivity contribution in [2.45, 2.75) is 13.0 Å². The van der Waals surface area contributed by atoms with E-state index in [2.05, 4.69) is 5.32 Å². The molecule has 2 rings (SSSR count). The fourth-order valence-electron chi connectivity index (χ4n) is 2.30. The summed E-state index contributed by atoms with van der Waals surface area (Å²) >= 11 is 0. The number of amides is 1. The van der Waals surface area contributed by atoms with Gasteiger partial charge in [0, 0.05) is 12.1 Å². The molecule has 1 atom stereocenters. The molecule has 0 aromatic heterocycles. The van der Waals surface area contributed by atoms with Crippen LogP contribution in [0.5, 0.6) is 17.2 Å². The van der Waals surface area contributed by atoms with Crippen molar-refractivity contribution < 1.29 is 33.5 Å². The highest BCUT2D eigenvalue weighted by Gasteiger charge is 2.21. The molecule has 10 nitrogen and oxygen atoms in total. The molecule has 0 heterocycles. The molecule has 29 heavy (non-hydrogen) atoms. The molecule has 2 aromatic rings. The summed E-state index contributed by atoms with van der Waals surface area (Å²) in [6.45, 7) is 0.788. The molecule has 10 heteroatoms. The second-order valence-electron chi connectivity index (χ2n) is 5.70. The van der Waals surface area contributed by atoms with Crippen molar-refractivity contribution in [2.75, 3.05) is 26.1 Å². The first kappa shape index (κ1) is 21.5. The van der Waals surface area contributed by atoms with Gasteiger partial charge in [-0.05, 0) is 25.1 Å². The van der Waals surface area contributed by atoms with Crippen LogP contribution in [0.15, 0.2) is 42.5 Å². The number of ether oxygens (including phenoxy) is 4. The molecule has 0 saturated carbocycles.